The number of aromatic nitrogens is 1. The smallest absolute Gasteiger partial charge is 0.266 e. The summed E-state index contributed by atoms with van der Waals surface area (Å²) in [5.74, 6) is 1.19. The summed E-state index contributed by atoms with van der Waals surface area (Å²) < 4.78 is 29.2. The lowest BCUT2D eigenvalue weighted by Gasteiger charge is -2.14. The minimum atomic E-state index is -0.718. The van der Waals surface area contributed by atoms with Crippen LogP contribution in [0, 0.1) is 5.82 Å². The Morgan fingerprint density at radius 3 is 2.86 bits per heavy atom. The molecule has 6 nitrogen and oxygen atoms in total. The van der Waals surface area contributed by atoms with Crippen LogP contribution in [0.4, 0.5) is 9.52 Å². The monoisotopic (exact) mass is 400 g/mol. The zero-order chi connectivity index (χ0) is 19.5. The van der Waals surface area contributed by atoms with Gasteiger partial charge in [-0.15, -0.1) is 11.3 Å². The van der Waals surface area contributed by atoms with Gasteiger partial charge in [0.15, 0.2) is 22.7 Å². The molecular formula is C20H17FN2O4S. The van der Waals surface area contributed by atoms with Crippen LogP contribution in [0.1, 0.15) is 17.4 Å². The van der Waals surface area contributed by atoms with Gasteiger partial charge < -0.3 is 14.2 Å². The standard InChI is InChI=1S/C20H17FN2O4S/c1-12(27-15-6-7-17-18(9-15)26-11-25-17)19(24)23-20-22-10-16(28-20)8-13-2-4-14(21)5-3-13/h2-7,9-10,12H,8,11H2,1H3,(H,22,23,24)/t12-/m1/s1. The minimum Gasteiger partial charge on any atom is -0.481 e. The molecule has 2 heterocycles. The number of rotatable bonds is 6. The molecule has 0 unspecified atom stereocenters. The molecule has 8 heteroatoms. The van der Waals surface area contributed by atoms with Gasteiger partial charge >= 0.3 is 0 Å². The quantitative estimate of drug-likeness (QED) is 0.677. The summed E-state index contributed by atoms with van der Waals surface area (Å²) in [7, 11) is 0. The average molecular weight is 400 g/mol. The first-order valence-electron chi connectivity index (χ1n) is 8.63. The van der Waals surface area contributed by atoms with Gasteiger partial charge in [-0.25, -0.2) is 9.37 Å². The molecule has 0 spiro atoms. The van der Waals surface area contributed by atoms with Crippen molar-refractivity contribution in [3.8, 4) is 17.2 Å². The third-order valence-corrected chi connectivity index (χ3v) is 5.01. The maximum absolute atomic E-state index is 13.0. The molecule has 28 heavy (non-hydrogen) atoms. The predicted molar refractivity (Wildman–Crippen MR) is 103 cm³/mol. The Kier molecular flexibility index (Phi) is 5.12. The fraction of sp³-hybridized carbons (Fsp3) is 0.200. The number of carbonyl (C=O) groups excluding carboxylic acids is 1. The molecule has 4 rings (SSSR count). The lowest BCUT2D eigenvalue weighted by molar-refractivity contribution is -0.122. The molecule has 1 aliphatic heterocycles. The van der Waals surface area contributed by atoms with E-state index in [9.17, 15) is 9.18 Å². The van der Waals surface area contributed by atoms with E-state index in [2.05, 4.69) is 10.3 Å². The maximum Gasteiger partial charge on any atom is 0.266 e. The molecule has 1 amide bonds. The highest BCUT2D eigenvalue weighted by molar-refractivity contribution is 7.15. The van der Waals surface area contributed by atoms with Crippen LogP contribution in [0.2, 0.25) is 0 Å². The van der Waals surface area contributed by atoms with Crippen LogP contribution >= 0.6 is 11.3 Å². The van der Waals surface area contributed by atoms with Crippen molar-refractivity contribution in [2.45, 2.75) is 19.4 Å². The third kappa shape index (κ3) is 4.23. The van der Waals surface area contributed by atoms with Gasteiger partial charge in [-0.3, -0.25) is 10.1 Å². The molecule has 1 aromatic heterocycles. The number of fused-ring (bicyclic) bond motifs is 1. The van der Waals surface area contributed by atoms with Crippen LogP contribution in [0.5, 0.6) is 17.2 Å². The molecule has 0 saturated carbocycles. The van der Waals surface area contributed by atoms with Crippen molar-refractivity contribution in [3.63, 3.8) is 0 Å². The molecule has 1 aliphatic rings. The zero-order valence-electron chi connectivity index (χ0n) is 15.0. The normalized spacial score (nSPS) is 13.2. The molecule has 0 bridgehead atoms. The van der Waals surface area contributed by atoms with E-state index in [0.717, 1.165) is 10.4 Å². The molecule has 0 saturated heterocycles. The van der Waals surface area contributed by atoms with Crippen molar-refractivity contribution >= 4 is 22.4 Å². The van der Waals surface area contributed by atoms with Crippen LogP contribution < -0.4 is 19.5 Å². The van der Waals surface area contributed by atoms with E-state index < -0.39 is 6.10 Å². The number of hydrogen-bond acceptors (Lipinski definition) is 6. The van der Waals surface area contributed by atoms with Crippen molar-refractivity contribution in [1.29, 1.82) is 0 Å². The minimum absolute atomic E-state index is 0.180. The van der Waals surface area contributed by atoms with E-state index in [1.807, 2.05) is 0 Å². The van der Waals surface area contributed by atoms with E-state index in [-0.39, 0.29) is 18.5 Å². The van der Waals surface area contributed by atoms with Gasteiger partial charge in [-0.1, -0.05) is 12.1 Å². The zero-order valence-corrected chi connectivity index (χ0v) is 15.8. The van der Waals surface area contributed by atoms with Gasteiger partial charge in [-0.2, -0.15) is 0 Å². The lowest BCUT2D eigenvalue weighted by atomic mass is 10.1. The molecule has 3 aromatic rings. The number of anilines is 1. The molecule has 0 radical (unpaired) electrons. The van der Waals surface area contributed by atoms with Gasteiger partial charge in [0.05, 0.1) is 0 Å². The molecule has 0 aliphatic carbocycles. The second kappa shape index (κ2) is 7.85. The number of thiazole rings is 1. The number of ether oxygens (including phenoxy) is 3. The average Bonchev–Trinajstić information content (AvgIpc) is 3.32. The van der Waals surface area contributed by atoms with E-state index >= 15 is 0 Å². The van der Waals surface area contributed by atoms with E-state index in [4.69, 9.17) is 14.2 Å². The highest BCUT2D eigenvalue weighted by atomic mass is 32.1. The first kappa shape index (κ1) is 18.2. The van der Waals surface area contributed by atoms with Gasteiger partial charge in [0.1, 0.15) is 11.6 Å². The summed E-state index contributed by atoms with van der Waals surface area (Å²) in [5, 5.41) is 3.25. The molecule has 144 valence electrons. The number of halogens is 1. The Morgan fingerprint density at radius 2 is 2.04 bits per heavy atom. The van der Waals surface area contributed by atoms with Gasteiger partial charge in [0, 0.05) is 23.6 Å². The van der Waals surface area contributed by atoms with Gasteiger partial charge in [0.25, 0.3) is 5.91 Å². The highest BCUT2D eigenvalue weighted by Crippen LogP contribution is 2.35. The van der Waals surface area contributed by atoms with Gasteiger partial charge in [-0.05, 0) is 36.8 Å². The van der Waals surface area contributed by atoms with Gasteiger partial charge in [0.2, 0.25) is 6.79 Å². The SMILES string of the molecule is C[C@@H](Oc1ccc2c(c1)OCO2)C(=O)Nc1ncc(Cc2ccc(F)cc2)s1. The fourth-order valence-electron chi connectivity index (χ4n) is 2.67. The van der Waals surface area contributed by atoms with E-state index in [1.165, 1.54) is 23.5 Å². The van der Waals surface area contributed by atoms with Crippen molar-refractivity contribution < 1.29 is 23.4 Å². The first-order valence-corrected chi connectivity index (χ1v) is 9.45. The van der Waals surface area contributed by atoms with Crippen LogP contribution in [0.25, 0.3) is 0 Å². The van der Waals surface area contributed by atoms with Crippen LogP contribution in [0.3, 0.4) is 0 Å². The lowest BCUT2D eigenvalue weighted by Crippen LogP contribution is -2.30. The number of amides is 1. The number of nitrogens with one attached hydrogen (secondary N) is 1. The Morgan fingerprint density at radius 1 is 1.25 bits per heavy atom. The third-order valence-electron chi connectivity index (χ3n) is 4.10. The Labute approximate surface area is 164 Å². The van der Waals surface area contributed by atoms with Crippen molar-refractivity contribution in [1.82, 2.24) is 4.98 Å². The number of benzene rings is 2. The van der Waals surface area contributed by atoms with E-state index in [0.29, 0.717) is 28.8 Å². The summed E-state index contributed by atoms with van der Waals surface area (Å²) in [5.41, 5.74) is 0.974. The molecular weight excluding hydrogens is 383 g/mol. The largest absolute Gasteiger partial charge is 0.481 e. The van der Waals surface area contributed by atoms with Crippen molar-refractivity contribution in [3.05, 3.63) is 64.9 Å². The highest BCUT2D eigenvalue weighted by Gasteiger charge is 2.19. The summed E-state index contributed by atoms with van der Waals surface area (Å²) in [6.45, 7) is 1.84. The second-order valence-electron chi connectivity index (χ2n) is 6.20. The van der Waals surface area contributed by atoms with E-state index in [1.54, 1.807) is 43.5 Å². The molecule has 0 fully saturated rings. The Bertz CT molecular complexity index is 990. The summed E-state index contributed by atoms with van der Waals surface area (Å²) >= 11 is 1.37. The molecule has 1 atom stereocenters. The summed E-state index contributed by atoms with van der Waals surface area (Å²) in [4.78, 5) is 17.6. The number of hydrogen-bond donors (Lipinski definition) is 1. The number of carbonyl (C=O) groups is 1. The summed E-state index contributed by atoms with van der Waals surface area (Å²) in [6, 6.07) is 11.5. The first-order chi connectivity index (χ1) is 13.6. The van der Waals surface area contributed by atoms with Crippen LogP contribution in [0.15, 0.2) is 48.7 Å². The van der Waals surface area contributed by atoms with Crippen molar-refractivity contribution in [2.75, 3.05) is 12.1 Å². The fourth-order valence-corrected chi connectivity index (χ4v) is 3.51. The molecule has 1 N–H and O–H groups in total. The van der Waals surface area contributed by atoms with Crippen molar-refractivity contribution in [2.24, 2.45) is 0 Å². The van der Waals surface area contributed by atoms with Crippen LogP contribution in [-0.4, -0.2) is 23.8 Å². The van der Waals surface area contributed by atoms with Crippen LogP contribution in [-0.2, 0) is 11.2 Å². The topological polar surface area (TPSA) is 69.7 Å². The second-order valence-corrected chi connectivity index (χ2v) is 7.31. The Balaban J connectivity index is 1.34. The maximum atomic E-state index is 13.0. The number of nitrogens with zero attached hydrogens (tertiary/aromatic N) is 1. The predicted octanol–water partition coefficient (Wildman–Crippen LogP) is 4.01. The summed E-state index contributed by atoms with van der Waals surface area (Å²) in [6.07, 6.45) is 1.61. The molecule has 2 aromatic carbocycles. The Hall–Kier alpha value is -3.13.